The molecule has 2 rings (SSSR count). The van der Waals surface area contributed by atoms with Crippen LogP contribution in [0.4, 0.5) is 5.82 Å². The molecule has 0 aliphatic carbocycles. The molecule has 0 fully saturated rings. The zero-order valence-electron chi connectivity index (χ0n) is 12.0. The number of hydrogen-bond acceptors (Lipinski definition) is 5. The summed E-state index contributed by atoms with van der Waals surface area (Å²) in [6.07, 6.45) is 3.31. The Balaban J connectivity index is 2.15. The molecule has 0 bridgehead atoms. The van der Waals surface area contributed by atoms with Gasteiger partial charge in [0.25, 0.3) is 5.91 Å². The molecule has 0 aliphatic heterocycles. The second-order valence-electron chi connectivity index (χ2n) is 4.75. The van der Waals surface area contributed by atoms with E-state index in [-0.39, 0.29) is 6.10 Å². The summed E-state index contributed by atoms with van der Waals surface area (Å²) in [5, 5.41) is 3.09. The number of nitrogens with zero attached hydrogens (tertiary/aromatic N) is 2. The second-order valence-corrected chi connectivity index (χ2v) is 4.75. The van der Waals surface area contributed by atoms with Crippen LogP contribution in [0, 0.1) is 0 Å². The Morgan fingerprint density at radius 3 is 2.71 bits per heavy atom. The van der Waals surface area contributed by atoms with Gasteiger partial charge < -0.3 is 15.8 Å². The van der Waals surface area contributed by atoms with E-state index in [4.69, 9.17) is 10.5 Å². The van der Waals surface area contributed by atoms with Gasteiger partial charge in [-0.1, -0.05) is 6.07 Å². The van der Waals surface area contributed by atoms with Crippen molar-refractivity contribution in [3.8, 4) is 5.88 Å². The quantitative estimate of drug-likeness (QED) is 0.847. The van der Waals surface area contributed by atoms with Crippen LogP contribution in [0.3, 0.4) is 0 Å². The molecule has 110 valence electrons. The van der Waals surface area contributed by atoms with Crippen LogP contribution < -0.4 is 15.8 Å². The Labute approximate surface area is 123 Å². The van der Waals surface area contributed by atoms with Crippen molar-refractivity contribution in [2.75, 3.05) is 5.32 Å². The third-order valence-electron chi connectivity index (χ3n) is 2.72. The van der Waals surface area contributed by atoms with Crippen molar-refractivity contribution in [1.82, 2.24) is 9.97 Å². The van der Waals surface area contributed by atoms with Crippen LogP contribution in [-0.4, -0.2) is 22.0 Å². The van der Waals surface area contributed by atoms with E-state index in [0.29, 0.717) is 23.8 Å². The molecule has 0 aliphatic rings. The number of primary amides is 1. The highest BCUT2D eigenvalue weighted by Gasteiger charge is 2.10. The van der Waals surface area contributed by atoms with Gasteiger partial charge >= 0.3 is 0 Å². The highest BCUT2D eigenvalue weighted by atomic mass is 16.5. The number of rotatable bonds is 6. The number of hydrogen-bond donors (Lipinski definition) is 2. The maximum atomic E-state index is 11.4. The van der Waals surface area contributed by atoms with E-state index in [9.17, 15) is 4.79 Å². The van der Waals surface area contributed by atoms with Crippen molar-refractivity contribution >= 4 is 11.7 Å². The molecule has 6 heteroatoms. The fraction of sp³-hybridized carbons (Fsp3) is 0.267. The summed E-state index contributed by atoms with van der Waals surface area (Å²) < 4.78 is 5.65. The van der Waals surface area contributed by atoms with Crippen LogP contribution in [0.1, 0.15) is 29.8 Å². The molecule has 6 nitrogen and oxygen atoms in total. The van der Waals surface area contributed by atoms with E-state index in [2.05, 4.69) is 15.3 Å². The molecule has 2 aromatic heterocycles. The normalized spacial score (nSPS) is 10.4. The molecule has 0 saturated carbocycles. The van der Waals surface area contributed by atoms with Crippen LogP contribution in [0.15, 0.2) is 36.7 Å². The number of pyridine rings is 2. The minimum atomic E-state index is -0.518. The first kappa shape index (κ1) is 14.8. The van der Waals surface area contributed by atoms with Crippen LogP contribution in [0.5, 0.6) is 5.88 Å². The molecule has 21 heavy (non-hydrogen) atoms. The molecule has 2 heterocycles. The molecule has 1 amide bonds. The van der Waals surface area contributed by atoms with Crippen molar-refractivity contribution in [3.63, 3.8) is 0 Å². The Morgan fingerprint density at radius 2 is 2.00 bits per heavy atom. The maximum Gasteiger partial charge on any atom is 0.252 e. The lowest BCUT2D eigenvalue weighted by Gasteiger charge is -2.14. The monoisotopic (exact) mass is 286 g/mol. The average Bonchev–Trinajstić information content (AvgIpc) is 2.46. The molecule has 3 N–H and O–H groups in total. The summed E-state index contributed by atoms with van der Waals surface area (Å²) >= 11 is 0. The summed E-state index contributed by atoms with van der Waals surface area (Å²) in [7, 11) is 0. The molecule has 0 unspecified atom stereocenters. The summed E-state index contributed by atoms with van der Waals surface area (Å²) in [5.41, 5.74) is 6.56. The third-order valence-corrected chi connectivity index (χ3v) is 2.72. The van der Waals surface area contributed by atoms with Crippen LogP contribution in [0.2, 0.25) is 0 Å². The van der Waals surface area contributed by atoms with Gasteiger partial charge in [-0.2, -0.15) is 0 Å². The predicted octanol–water partition coefficient (Wildman–Crippen LogP) is 1.97. The molecule has 0 aromatic carbocycles. The number of nitrogens with one attached hydrogen (secondary N) is 1. The first-order chi connectivity index (χ1) is 10.1. The number of carbonyl (C=O) groups is 1. The topological polar surface area (TPSA) is 90.1 Å². The van der Waals surface area contributed by atoms with Gasteiger partial charge in [-0.05, 0) is 32.0 Å². The standard InChI is InChI=1S/C15H18N4O2/c1-10(2)21-15-11(5-3-8-18-15)9-19-14-12(13(16)20)6-4-7-17-14/h3-8,10H,9H2,1-2H3,(H2,16,20)(H,17,19). The smallest absolute Gasteiger partial charge is 0.252 e. The minimum Gasteiger partial charge on any atom is -0.475 e. The molecule has 2 aromatic rings. The molecule has 0 atom stereocenters. The zero-order valence-corrected chi connectivity index (χ0v) is 12.0. The number of carbonyl (C=O) groups excluding carboxylic acids is 1. The van der Waals surface area contributed by atoms with Crippen molar-refractivity contribution in [3.05, 3.63) is 47.8 Å². The highest BCUT2D eigenvalue weighted by Crippen LogP contribution is 2.18. The van der Waals surface area contributed by atoms with Crippen molar-refractivity contribution in [1.29, 1.82) is 0 Å². The first-order valence-electron chi connectivity index (χ1n) is 6.67. The van der Waals surface area contributed by atoms with Crippen molar-refractivity contribution in [2.24, 2.45) is 5.73 Å². The number of ether oxygens (including phenoxy) is 1. The van der Waals surface area contributed by atoms with Gasteiger partial charge in [0.1, 0.15) is 5.82 Å². The van der Waals surface area contributed by atoms with Crippen LogP contribution in [-0.2, 0) is 6.54 Å². The lowest BCUT2D eigenvalue weighted by molar-refractivity contribution is 0.100. The maximum absolute atomic E-state index is 11.4. The Hall–Kier alpha value is -2.63. The number of aromatic nitrogens is 2. The van der Waals surface area contributed by atoms with E-state index >= 15 is 0 Å². The average molecular weight is 286 g/mol. The highest BCUT2D eigenvalue weighted by molar-refractivity contribution is 5.97. The van der Waals surface area contributed by atoms with Crippen LogP contribution >= 0.6 is 0 Å². The van der Waals surface area contributed by atoms with E-state index in [1.807, 2.05) is 26.0 Å². The Bertz CT molecular complexity index is 629. The number of nitrogens with two attached hydrogens (primary N) is 1. The van der Waals surface area contributed by atoms with Crippen molar-refractivity contribution < 1.29 is 9.53 Å². The van der Waals surface area contributed by atoms with Gasteiger partial charge in [-0.15, -0.1) is 0 Å². The minimum absolute atomic E-state index is 0.0367. The largest absolute Gasteiger partial charge is 0.475 e. The summed E-state index contributed by atoms with van der Waals surface area (Å²) in [6.45, 7) is 4.32. The first-order valence-corrected chi connectivity index (χ1v) is 6.67. The van der Waals surface area contributed by atoms with E-state index < -0.39 is 5.91 Å². The second kappa shape index (κ2) is 6.69. The van der Waals surface area contributed by atoms with E-state index in [0.717, 1.165) is 5.56 Å². The van der Waals surface area contributed by atoms with Crippen molar-refractivity contribution in [2.45, 2.75) is 26.5 Å². The predicted molar refractivity (Wildman–Crippen MR) is 80.1 cm³/mol. The molecule has 0 radical (unpaired) electrons. The van der Waals surface area contributed by atoms with E-state index in [1.54, 1.807) is 24.5 Å². The Morgan fingerprint density at radius 1 is 1.29 bits per heavy atom. The van der Waals surface area contributed by atoms with Gasteiger partial charge in [0.15, 0.2) is 0 Å². The molecular formula is C15H18N4O2. The molecular weight excluding hydrogens is 268 g/mol. The zero-order chi connectivity index (χ0) is 15.2. The van der Waals surface area contributed by atoms with Gasteiger partial charge in [0, 0.05) is 24.5 Å². The fourth-order valence-corrected chi connectivity index (χ4v) is 1.81. The van der Waals surface area contributed by atoms with Gasteiger partial charge in [0.05, 0.1) is 11.7 Å². The van der Waals surface area contributed by atoms with Crippen LogP contribution in [0.25, 0.3) is 0 Å². The molecule has 0 spiro atoms. The number of anilines is 1. The lowest BCUT2D eigenvalue weighted by Crippen LogP contribution is -2.16. The summed E-state index contributed by atoms with van der Waals surface area (Å²) in [5.74, 6) is 0.497. The number of amides is 1. The van der Waals surface area contributed by atoms with Gasteiger partial charge in [-0.25, -0.2) is 9.97 Å². The third kappa shape index (κ3) is 3.92. The van der Waals surface area contributed by atoms with Gasteiger partial charge in [-0.3, -0.25) is 4.79 Å². The fourth-order valence-electron chi connectivity index (χ4n) is 1.81. The lowest BCUT2D eigenvalue weighted by atomic mass is 10.2. The van der Waals surface area contributed by atoms with Gasteiger partial charge in [0.2, 0.25) is 5.88 Å². The Kier molecular flexibility index (Phi) is 4.71. The summed E-state index contributed by atoms with van der Waals surface area (Å²) in [4.78, 5) is 19.7. The summed E-state index contributed by atoms with van der Waals surface area (Å²) in [6, 6.07) is 7.04. The molecule has 0 saturated heterocycles. The SMILES string of the molecule is CC(C)Oc1ncccc1CNc1ncccc1C(N)=O. The van der Waals surface area contributed by atoms with E-state index in [1.165, 1.54) is 0 Å².